The molecule has 1 amide bonds. The number of nitrogens with one attached hydrogen (secondary N) is 2. The maximum atomic E-state index is 14.3. The number of aromatic nitrogens is 4. The summed E-state index contributed by atoms with van der Waals surface area (Å²) >= 11 is 1.07. The van der Waals surface area contributed by atoms with E-state index in [1.54, 1.807) is 6.20 Å². The standard InChI is InChI=1S/C21H21F4N7O3S/c1-34-17(14-11-13(4-5-15(14)22)35-21(23,24)25)18(33)28-20-31-30-19(36-20)27-12-6-9-32(10-7-12)16-3-2-8-26-29-16/h2-5,8,11-12,17H,6-7,9-10H2,1H3,(H,27,30)(H,28,31,33). The van der Waals surface area contributed by atoms with Crippen LogP contribution < -0.4 is 20.3 Å². The van der Waals surface area contributed by atoms with E-state index in [1.165, 1.54) is 0 Å². The van der Waals surface area contributed by atoms with E-state index in [9.17, 15) is 22.4 Å². The van der Waals surface area contributed by atoms with Crippen LogP contribution >= 0.6 is 11.3 Å². The zero-order valence-electron chi connectivity index (χ0n) is 18.8. The van der Waals surface area contributed by atoms with Crippen LogP contribution in [0.1, 0.15) is 24.5 Å². The summed E-state index contributed by atoms with van der Waals surface area (Å²) in [6.07, 6.45) is -3.26. The Bertz CT molecular complexity index is 1170. The van der Waals surface area contributed by atoms with Crippen LogP contribution in [0, 0.1) is 5.82 Å². The summed E-state index contributed by atoms with van der Waals surface area (Å²) in [5.41, 5.74) is -0.422. The van der Waals surface area contributed by atoms with Gasteiger partial charge in [-0.05, 0) is 43.2 Å². The van der Waals surface area contributed by atoms with Crippen LogP contribution in [0.5, 0.6) is 5.75 Å². The van der Waals surface area contributed by atoms with Crippen molar-refractivity contribution >= 4 is 33.3 Å². The van der Waals surface area contributed by atoms with Crippen molar-refractivity contribution in [1.29, 1.82) is 0 Å². The third kappa shape index (κ3) is 6.54. The molecule has 15 heteroatoms. The number of anilines is 3. The monoisotopic (exact) mass is 527 g/mol. The summed E-state index contributed by atoms with van der Waals surface area (Å²) < 4.78 is 60.7. The first-order valence-electron chi connectivity index (χ1n) is 10.7. The SMILES string of the molecule is COC(C(=O)Nc1nnc(NC2CCN(c3cccnn3)CC2)s1)c1cc(OC(F)(F)F)ccc1F. The van der Waals surface area contributed by atoms with Gasteiger partial charge in [-0.25, -0.2) is 4.39 Å². The molecule has 10 nitrogen and oxygen atoms in total. The van der Waals surface area contributed by atoms with Crippen LogP contribution in [0.15, 0.2) is 36.5 Å². The lowest BCUT2D eigenvalue weighted by molar-refractivity contribution is -0.274. The van der Waals surface area contributed by atoms with Gasteiger partial charge in [0, 0.05) is 38.0 Å². The van der Waals surface area contributed by atoms with Crippen LogP contribution in [-0.2, 0) is 9.53 Å². The average molecular weight is 528 g/mol. The topological polar surface area (TPSA) is 114 Å². The van der Waals surface area contributed by atoms with Crippen molar-refractivity contribution in [2.45, 2.75) is 31.3 Å². The first kappa shape index (κ1) is 25.5. The highest BCUT2D eigenvalue weighted by molar-refractivity contribution is 7.19. The van der Waals surface area contributed by atoms with E-state index in [2.05, 4.69) is 40.7 Å². The van der Waals surface area contributed by atoms with Crippen molar-refractivity contribution in [2.24, 2.45) is 0 Å². The highest BCUT2D eigenvalue weighted by Crippen LogP contribution is 2.30. The summed E-state index contributed by atoms with van der Waals surface area (Å²) in [4.78, 5) is 14.8. The molecule has 1 aromatic carbocycles. The summed E-state index contributed by atoms with van der Waals surface area (Å²) in [5, 5.41) is 22.3. The number of halogens is 4. The second-order valence-electron chi connectivity index (χ2n) is 7.74. The molecule has 192 valence electrons. The summed E-state index contributed by atoms with van der Waals surface area (Å²) in [6, 6.07) is 6.19. The molecule has 3 heterocycles. The molecule has 1 unspecified atom stereocenters. The van der Waals surface area contributed by atoms with Gasteiger partial charge in [0.2, 0.25) is 10.3 Å². The van der Waals surface area contributed by atoms with Gasteiger partial charge < -0.3 is 19.7 Å². The predicted molar refractivity (Wildman–Crippen MR) is 122 cm³/mol. The molecule has 0 radical (unpaired) electrons. The Balaban J connectivity index is 1.35. The minimum Gasteiger partial charge on any atom is -0.406 e. The molecule has 1 aliphatic rings. The summed E-state index contributed by atoms with van der Waals surface area (Å²) in [7, 11) is 1.13. The van der Waals surface area contributed by atoms with Gasteiger partial charge in [0.05, 0.1) is 0 Å². The van der Waals surface area contributed by atoms with Gasteiger partial charge >= 0.3 is 6.36 Å². The van der Waals surface area contributed by atoms with Gasteiger partial charge in [0.1, 0.15) is 11.6 Å². The van der Waals surface area contributed by atoms with Crippen molar-refractivity contribution in [1.82, 2.24) is 20.4 Å². The Morgan fingerprint density at radius 3 is 2.58 bits per heavy atom. The molecule has 1 atom stereocenters. The molecule has 1 saturated heterocycles. The Hall–Kier alpha value is -3.59. The molecule has 0 aliphatic carbocycles. The quantitative estimate of drug-likeness (QED) is 0.423. The number of hydrogen-bond acceptors (Lipinski definition) is 10. The minimum absolute atomic E-state index is 0.115. The van der Waals surface area contributed by atoms with E-state index < -0.39 is 35.5 Å². The maximum absolute atomic E-state index is 14.3. The number of methoxy groups -OCH3 is 1. The molecule has 0 bridgehead atoms. The van der Waals surface area contributed by atoms with Crippen LogP contribution in [0.25, 0.3) is 0 Å². The van der Waals surface area contributed by atoms with Crippen LogP contribution in [-0.4, -0.2) is 58.9 Å². The number of nitrogens with zero attached hydrogens (tertiary/aromatic N) is 5. The number of benzene rings is 1. The van der Waals surface area contributed by atoms with E-state index in [-0.39, 0.29) is 11.2 Å². The molecule has 0 saturated carbocycles. The Kier molecular flexibility index (Phi) is 7.79. The van der Waals surface area contributed by atoms with Gasteiger partial charge in [-0.3, -0.25) is 10.1 Å². The lowest BCUT2D eigenvalue weighted by Gasteiger charge is -2.32. The lowest BCUT2D eigenvalue weighted by atomic mass is 10.1. The molecular formula is C21H21F4N7O3S. The van der Waals surface area contributed by atoms with Gasteiger partial charge in [0.15, 0.2) is 11.9 Å². The number of ether oxygens (including phenoxy) is 2. The van der Waals surface area contributed by atoms with Crippen molar-refractivity contribution in [3.63, 3.8) is 0 Å². The molecule has 2 N–H and O–H groups in total. The van der Waals surface area contributed by atoms with Gasteiger partial charge in [0.25, 0.3) is 5.91 Å². The zero-order chi connectivity index (χ0) is 25.7. The number of amides is 1. The van der Waals surface area contributed by atoms with E-state index in [0.717, 1.165) is 68.4 Å². The second kappa shape index (κ2) is 11.0. The fraction of sp³-hybridized carbons (Fsp3) is 0.381. The average Bonchev–Trinajstić information content (AvgIpc) is 3.28. The molecule has 4 rings (SSSR count). The molecule has 0 spiro atoms. The van der Waals surface area contributed by atoms with Crippen LogP contribution in [0.3, 0.4) is 0 Å². The number of alkyl halides is 3. The van der Waals surface area contributed by atoms with Crippen LogP contribution in [0.2, 0.25) is 0 Å². The fourth-order valence-electron chi connectivity index (χ4n) is 3.69. The highest BCUT2D eigenvalue weighted by atomic mass is 32.1. The zero-order valence-corrected chi connectivity index (χ0v) is 19.6. The Morgan fingerprint density at radius 2 is 1.92 bits per heavy atom. The van der Waals surface area contributed by atoms with Crippen molar-refractivity contribution in [2.75, 3.05) is 35.7 Å². The third-order valence-corrected chi connectivity index (χ3v) is 6.09. The lowest BCUT2D eigenvalue weighted by Crippen LogP contribution is -2.39. The van der Waals surface area contributed by atoms with Gasteiger partial charge in [-0.2, -0.15) is 5.10 Å². The van der Waals surface area contributed by atoms with E-state index in [0.29, 0.717) is 5.13 Å². The molecule has 3 aromatic rings. The summed E-state index contributed by atoms with van der Waals surface area (Å²) in [5.74, 6) is -1.63. The van der Waals surface area contributed by atoms with Gasteiger partial charge in [-0.15, -0.1) is 28.5 Å². The highest BCUT2D eigenvalue weighted by Gasteiger charge is 2.32. The second-order valence-corrected chi connectivity index (χ2v) is 8.71. The van der Waals surface area contributed by atoms with Crippen molar-refractivity contribution in [3.05, 3.63) is 47.9 Å². The number of carbonyl (C=O) groups excluding carboxylic acids is 1. The Labute approximate surface area is 206 Å². The molecular weight excluding hydrogens is 506 g/mol. The minimum atomic E-state index is -4.97. The smallest absolute Gasteiger partial charge is 0.406 e. The van der Waals surface area contributed by atoms with Gasteiger partial charge in [-0.1, -0.05) is 11.3 Å². The molecule has 1 fully saturated rings. The predicted octanol–water partition coefficient (Wildman–Crippen LogP) is 3.77. The van der Waals surface area contributed by atoms with E-state index >= 15 is 0 Å². The third-order valence-electron chi connectivity index (χ3n) is 5.32. The van der Waals surface area contributed by atoms with Crippen LogP contribution in [0.4, 0.5) is 33.6 Å². The van der Waals surface area contributed by atoms with Crippen molar-refractivity contribution < 1.29 is 31.8 Å². The molecule has 2 aromatic heterocycles. The van der Waals surface area contributed by atoms with E-state index in [4.69, 9.17) is 4.74 Å². The maximum Gasteiger partial charge on any atom is 0.573 e. The largest absolute Gasteiger partial charge is 0.573 e. The number of hydrogen-bond donors (Lipinski definition) is 2. The number of carbonyl (C=O) groups is 1. The number of rotatable bonds is 8. The van der Waals surface area contributed by atoms with Crippen molar-refractivity contribution in [3.8, 4) is 5.75 Å². The molecule has 1 aliphatic heterocycles. The first-order valence-corrected chi connectivity index (χ1v) is 11.5. The van der Waals surface area contributed by atoms with E-state index in [1.807, 2.05) is 12.1 Å². The Morgan fingerprint density at radius 1 is 1.17 bits per heavy atom. The number of piperidine rings is 1. The normalized spacial score (nSPS) is 15.4. The molecule has 36 heavy (non-hydrogen) atoms. The first-order chi connectivity index (χ1) is 17.2. The summed E-state index contributed by atoms with van der Waals surface area (Å²) in [6.45, 7) is 1.55. The fourth-order valence-corrected chi connectivity index (χ4v) is 4.41.